The molecule has 0 aliphatic rings. The lowest BCUT2D eigenvalue weighted by Crippen LogP contribution is -2.26. The van der Waals surface area contributed by atoms with E-state index in [1.54, 1.807) is 15.3 Å². The van der Waals surface area contributed by atoms with E-state index >= 15 is 0 Å². The van der Waals surface area contributed by atoms with Crippen LogP contribution in [0.5, 0.6) is 0 Å². The second-order valence-electron chi connectivity index (χ2n) is 8.29. The van der Waals surface area contributed by atoms with Crippen LogP contribution in [0.3, 0.4) is 0 Å². The number of aryl methyl sites for hydroxylation is 3. The zero-order valence-electron chi connectivity index (χ0n) is 20.6. The number of amides is 3. The first-order valence-corrected chi connectivity index (χ1v) is 11.8. The highest BCUT2D eigenvalue weighted by Crippen LogP contribution is 2.21. The number of nitrogens with two attached hydrogens (primary N) is 1. The number of ether oxygens (including phenoxy) is 1. The monoisotopic (exact) mass is 504 g/mol. The van der Waals surface area contributed by atoms with E-state index in [2.05, 4.69) is 25.7 Å². The van der Waals surface area contributed by atoms with Crippen molar-refractivity contribution in [3.8, 4) is 0 Å². The number of primary amides is 1. The molecule has 12 nitrogen and oxygen atoms in total. The first-order chi connectivity index (χ1) is 17.9. The van der Waals surface area contributed by atoms with Gasteiger partial charge in [-0.1, -0.05) is 30.3 Å². The van der Waals surface area contributed by atoms with Crippen molar-refractivity contribution in [2.24, 2.45) is 5.73 Å². The normalized spacial score (nSPS) is 10.9. The molecule has 0 saturated carbocycles. The Morgan fingerprint density at radius 3 is 2.65 bits per heavy atom. The van der Waals surface area contributed by atoms with Gasteiger partial charge < -0.3 is 20.4 Å². The van der Waals surface area contributed by atoms with Gasteiger partial charge in [-0.3, -0.25) is 19.6 Å². The van der Waals surface area contributed by atoms with Gasteiger partial charge in [-0.15, -0.1) is 0 Å². The fourth-order valence-electron chi connectivity index (χ4n) is 3.82. The molecule has 0 radical (unpaired) electrons. The molecular formula is C25H28N8O4. The third-order valence-electron chi connectivity index (χ3n) is 5.59. The van der Waals surface area contributed by atoms with Crippen LogP contribution >= 0.6 is 0 Å². The number of fused-ring (bicyclic) bond motifs is 1. The van der Waals surface area contributed by atoms with E-state index in [9.17, 15) is 14.4 Å². The number of carbonyl (C=O) groups is 3. The quantitative estimate of drug-likeness (QED) is 0.280. The lowest BCUT2D eigenvalue weighted by Gasteiger charge is -2.11. The highest BCUT2D eigenvalue weighted by atomic mass is 16.5. The highest BCUT2D eigenvalue weighted by molar-refractivity contribution is 6.03. The summed E-state index contributed by atoms with van der Waals surface area (Å²) in [6.07, 6.45) is 1.47. The summed E-state index contributed by atoms with van der Waals surface area (Å²) >= 11 is 0. The smallest absolute Gasteiger partial charge is 0.407 e. The van der Waals surface area contributed by atoms with Crippen LogP contribution in [0.1, 0.15) is 45.6 Å². The van der Waals surface area contributed by atoms with Crippen LogP contribution in [-0.2, 0) is 24.4 Å². The van der Waals surface area contributed by atoms with E-state index in [-0.39, 0.29) is 24.2 Å². The molecule has 0 atom stereocenters. The van der Waals surface area contributed by atoms with Gasteiger partial charge in [0.15, 0.2) is 0 Å². The largest absolute Gasteiger partial charge is 0.445 e. The van der Waals surface area contributed by atoms with Crippen LogP contribution in [-0.4, -0.2) is 48.8 Å². The number of nitrogens with zero attached hydrogens (tertiary/aromatic N) is 5. The average Bonchev–Trinajstić information content (AvgIpc) is 3.44. The molecule has 3 aromatic heterocycles. The number of rotatable bonds is 10. The number of nitrogens with one attached hydrogen (secondary N) is 2. The Labute approximate surface area is 212 Å². The standard InChI is InChI=1S/C25H28N8O4/c1-3-33-20(12-16(2)31-33)23(35)30-24-29-18-13-19(22(26)34)28-14-21(18)32(24)11-7-10-27-25(36)37-15-17-8-5-4-6-9-17/h4-6,8-9,12-14H,3,7,10-11,15H2,1-2H3,(H2,26,34)(H,27,36)(H,29,30,35). The Kier molecular flexibility index (Phi) is 7.77. The topological polar surface area (TPSA) is 159 Å². The molecule has 0 unspecified atom stereocenters. The number of alkyl carbamates (subject to hydrolysis) is 1. The van der Waals surface area contributed by atoms with Gasteiger partial charge in [0, 0.05) is 19.6 Å². The number of benzene rings is 1. The number of aromatic nitrogens is 5. The molecule has 0 bridgehead atoms. The van der Waals surface area contributed by atoms with E-state index in [0.29, 0.717) is 42.8 Å². The van der Waals surface area contributed by atoms with E-state index in [1.165, 1.54) is 12.3 Å². The third kappa shape index (κ3) is 6.10. The molecule has 0 spiro atoms. The van der Waals surface area contributed by atoms with Gasteiger partial charge >= 0.3 is 6.09 Å². The van der Waals surface area contributed by atoms with Crippen LogP contribution in [0.15, 0.2) is 48.7 Å². The van der Waals surface area contributed by atoms with Crippen molar-refractivity contribution in [2.75, 3.05) is 11.9 Å². The van der Waals surface area contributed by atoms with Crippen LogP contribution < -0.4 is 16.4 Å². The van der Waals surface area contributed by atoms with Crippen molar-refractivity contribution in [3.05, 3.63) is 71.3 Å². The minimum Gasteiger partial charge on any atom is -0.445 e. The van der Waals surface area contributed by atoms with Gasteiger partial charge in [-0.25, -0.2) is 14.8 Å². The molecule has 12 heteroatoms. The van der Waals surface area contributed by atoms with Gasteiger partial charge in [0.25, 0.3) is 11.8 Å². The minimum atomic E-state index is -0.678. The fraction of sp³-hybridized carbons (Fsp3) is 0.280. The maximum absolute atomic E-state index is 13.0. The third-order valence-corrected chi connectivity index (χ3v) is 5.59. The number of imidazole rings is 1. The van der Waals surface area contributed by atoms with Gasteiger partial charge in [0.1, 0.15) is 18.0 Å². The van der Waals surface area contributed by atoms with Crippen LogP contribution in [0.2, 0.25) is 0 Å². The molecule has 3 heterocycles. The molecule has 1 aromatic carbocycles. The molecule has 0 saturated heterocycles. The zero-order valence-corrected chi connectivity index (χ0v) is 20.6. The average molecular weight is 505 g/mol. The lowest BCUT2D eigenvalue weighted by atomic mass is 10.2. The molecule has 0 aliphatic heterocycles. The van der Waals surface area contributed by atoms with Crippen LogP contribution in [0, 0.1) is 6.92 Å². The summed E-state index contributed by atoms with van der Waals surface area (Å²) in [5.74, 6) is -0.774. The van der Waals surface area contributed by atoms with Gasteiger partial charge in [-0.05, 0) is 38.0 Å². The predicted molar refractivity (Wildman–Crippen MR) is 136 cm³/mol. The van der Waals surface area contributed by atoms with Crippen molar-refractivity contribution < 1.29 is 19.1 Å². The molecule has 4 aromatic rings. The van der Waals surface area contributed by atoms with E-state index in [4.69, 9.17) is 10.5 Å². The van der Waals surface area contributed by atoms with Gasteiger partial charge in [0.05, 0.1) is 22.9 Å². The fourth-order valence-corrected chi connectivity index (χ4v) is 3.82. The van der Waals surface area contributed by atoms with Crippen LogP contribution in [0.4, 0.5) is 10.7 Å². The summed E-state index contributed by atoms with van der Waals surface area (Å²) in [6, 6.07) is 12.6. The molecular weight excluding hydrogens is 476 g/mol. The molecule has 37 heavy (non-hydrogen) atoms. The molecule has 4 rings (SSSR count). The Hall–Kier alpha value is -4.74. The summed E-state index contributed by atoms with van der Waals surface area (Å²) in [7, 11) is 0. The predicted octanol–water partition coefficient (Wildman–Crippen LogP) is 2.62. The second kappa shape index (κ2) is 11.3. The SMILES string of the molecule is CCn1nc(C)cc1C(=O)Nc1nc2cc(C(N)=O)ncc2n1CCCNC(=O)OCc1ccccc1. The van der Waals surface area contributed by atoms with E-state index < -0.39 is 12.0 Å². The summed E-state index contributed by atoms with van der Waals surface area (Å²) in [6.45, 7) is 5.14. The molecule has 4 N–H and O–H groups in total. The number of anilines is 1. The Morgan fingerprint density at radius 1 is 1.14 bits per heavy atom. The van der Waals surface area contributed by atoms with Gasteiger partial charge in [0.2, 0.25) is 5.95 Å². The van der Waals surface area contributed by atoms with Crippen molar-refractivity contribution >= 4 is 34.9 Å². The number of carbonyl (C=O) groups excluding carboxylic acids is 3. The lowest BCUT2D eigenvalue weighted by molar-refractivity contribution is 0.0992. The van der Waals surface area contributed by atoms with Crippen molar-refractivity contribution in [1.29, 1.82) is 0 Å². The second-order valence-corrected chi connectivity index (χ2v) is 8.29. The summed E-state index contributed by atoms with van der Waals surface area (Å²) < 4.78 is 8.60. The first-order valence-electron chi connectivity index (χ1n) is 11.8. The summed E-state index contributed by atoms with van der Waals surface area (Å²) in [4.78, 5) is 45.3. The zero-order chi connectivity index (χ0) is 26.4. The van der Waals surface area contributed by atoms with Crippen LogP contribution in [0.25, 0.3) is 11.0 Å². The van der Waals surface area contributed by atoms with E-state index in [1.807, 2.05) is 44.2 Å². The molecule has 0 aliphatic carbocycles. The van der Waals surface area contributed by atoms with Gasteiger partial charge in [-0.2, -0.15) is 5.10 Å². The molecule has 0 fully saturated rings. The first kappa shape index (κ1) is 25.4. The number of pyridine rings is 1. The molecule has 192 valence electrons. The Balaban J connectivity index is 1.46. The minimum absolute atomic E-state index is 0.0672. The Bertz CT molecular complexity index is 1430. The highest BCUT2D eigenvalue weighted by Gasteiger charge is 2.19. The number of hydrogen-bond donors (Lipinski definition) is 3. The van der Waals surface area contributed by atoms with Crippen molar-refractivity contribution in [1.82, 2.24) is 29.6 Å². The number of hydrogen-bond acceptors (Lipinski definition) is 7. The van der Waals surface area contributed by atoms with E-state index in [0.717, 1.165) is 11.3 Å². The summed E-state index contributed by atoms with van der Waals surface area (Å²) in [5.41, 5.74) is 8.50. The Morgan fingerprint density at radius 2 is 1.92 bits per heavy atom. The maximum Gasteiger partial charge on any atom is 0.407 e. The van der Waals surface area contributed by atoms with Crippen molar-refractivity contribution in [2.45, 2.75) is 40.0 Å². The maximum atomic E-state index is 13.0. The van der Waals surface area contributed by atoms with Crippen molar-refractivity contribution in [3.63, 3.8) is 0 Å². The summed E-state index contributed by atoms with van der Waals surface area (Å²) in [5, 5.41) is 9.87. The molecule has 3 amide bonds.